The lowest BCUT2D eigenvalue weighted by Crippen LogP contribution is -1.90. The van der Waals surface area contributed by atoms with Crippen molar-refractivity contribution in [3.63, 3.8) is 0 Å². The van der Waals surface area contributed by atoms with Crippen LogP contribution in [-0.2, 0) is 4.79 Å². The molecule has 0 heterocycles. The minimum Gasteiger partial charge on any atom is -0.481 e. The Hall–Kier alpha value is -1.34. The SMILES string of the molecule is O=C(O)CC#Cc1cc(F)cc(Br)c1. The molecule has 0 saturated carbocycles. The van der Waals surface area contributed by atoms with Crippen molar-refractivity contribution in [1.29, 1.82) is 0 Å². The largest absolute Gasteiger partial charge is 0.481 e. The minimum atomic E-state index is -0.993. The van der Waals surface area contributed by atoms with Crippen LogP contribution in [0.15, 0.2) is 22.7 Å². The Morgan fingerprint density at radius 3 is 2.79 bits per heavy atom. The molecule has 72 valence electrons. The van der Waals surface area contributed by atoms with E-state index in [1.54, 1.807) is 6.07 Å². The van der Waals surface area contributed by atoms with Crippen molar-refractivity contribution in [2.45, 2.75) is 6.42 Å². The van der Waals surface area contributed by atoms with Gasteiger partial charge in [-0.15, -0.1) is 0 Å². The zero-order valence-corrected chi connectivity index (χ0v) is 8.64. The van der Waals surface area contributed by atoms with E-state index >= 15 is 0 Å². The van der Waals surface area contributed by atoms with Crippen LogP contribution in [0.1, 0.15) is 12.0 Å². The van der Waals surface area contributed by atoms with Crippen LogP contribution in [0, 0.1) is 17.7 Å². The maximum atomic E-state index is 12.8. The lowest BCUT2D eigenvalue weighted by atomic mass is 10.2. The van der Waals surface area contributed by atoms with Crippen LogP contribution in [0.25, 0.3) is 0 Å². The fraction of sp³-hybridized carbons (Fsp3) is 0.100. The lowest BCUT2D eigenvalue weighted by Gasteiger charge is -1.93. The molecular weight excluding hydrogens is 251 g/mol. The van der Waals surface area contributed by atoms with Crippen LogP contribution < -0.4 is 0 Å². The van der Waals surface area contributed by atoms with Gasteiger partial charge >= 0.3 is 5.97 Å². The zero-order chi connectivity index (χ0) is 10.6. The average molecular weight is 257 g/mol. The second-order valence-corrected chi connectivity index (χ2v) is 3.45. The third kappa shape index (κ3) is 3.58. The fourth-order valence-electron chi connectivity index (χ4n) is 0.848. The van der Waals surface area contributed by atoms with Gasteiger partial charge in [-0.25, -0.2) is 4.39 Å². The molecule has 0 amide bonds. The van der Waals surface area contributed by atoms with Crippen LogP contribution in [0.3, 0.4) is 0 Å². The van der Waals surface area contributed by atoms with Crippen LogP contribution in [0.5, 0.6) is 0 Å². The summed E-state index contributed by atoms with van der Waals surface area (Å²) in [6.45, 7) is 0. The maximum Gasteiger partial charge on any atom is 0.315 e. The summed E-state index contributed by atoms with van der Waals surface area (Å²) in [5.41, 5.74) is 0.457. The zero-order valence-electron chi connectivity index (χ0n) is 7.05. The van der Waals surface area contributed by atoms with Crippen LogP contribution in [0.4, 0.5) is 4.39 Å². The van der Waals surface area contributed by atoms with Gasteiger partial charge in [0.2, 0.25) is 0 Å². The monoisotopic (exact) mass is 256 g/mol. The summed E-state index contributed by atoms with van der Waals surface area (Å²) in [5, 5.41) is 8.31. The average Bonchev–Trinajstić information content (AvgIpc) is 2.01. The number of hydrogen-bond acceptors (Lipinski definition) is 1. The third-order valence-electron chi connectivity index (χ3n) is 1.33. The highest BCUT2D eigenvalue weighted by Gasteiger charge is 1.96. The van der Waals surface area contributed by atoms with Gasteiger partial charge in [0, 0.05) is 10.0 Å². The van der Waals surface area contributed by atoms with Crippen molar-refractivity contribution >= 4 is 21.9 Å². The highest BCUT2D eigenvalue weighted by Crippen LogP contribution is 2.13. The number of hydrogen-bond donors (Lipinski definition) is 1. The fourth-order valence-corrected chi connectivity index (χ4v) is 1.31. The number of halogens is 2. The van der Waals surface area contributed by atoms with E-state index in [1.165, 1.54) is 12.1 Å². The Morgan fingerprint density at radius 1 is 1.50 bits per heavy atom. The number of carbonyl (C=O) groups is 1. The summed E-state index contributed by atoms with van der Waals surface area (Å²) in [7, 11) is 0. The molecule has 0 aliphatic heterocycles. The number of aliphatic carboxylic acids is 1. The van der Waals surface area contributed by atoms with E-state index in [9.17, 15) is 9.18 Å². The maximum absolute atomic E-state index is 12.8. The summed E-state index contributed by atoms with van der Waals surface area (Å²) >= 11 is 3.11. The van der Waals surface area contributed by atoms with E-state index in [2.05, 4.69) is 27.8 Å². The van der Waals surface area contributed by atoms with Crippen molar-refractivity contribution < 1.29 is 14.3 Å². The highest BCUT2D eigenvalue weighted by atomic mass is 79.9. The molecule has 0 saturated heterocycles. The second-order valence-electron chi connectivity index (χ2n) is 2.53. The molecule has 0 aliphatic rings. The van der Waals surface area contributed by atoms with Gasteiger partial charge in [-0.1, -0.05) is 27.8 Å². The Balaban J connectivity index is 2.84. The molecule has 0 fully saturated rings. The molecular formula is C10H6BrFO2. The van der Waals surface area contributed by atoms with Gasteiger partial charge in [0.05, 0.1) is 0 Å². The number of carboxylic acid groups (broad SMARTS) is 1. The quantitative estimate of drug-likeness (QED) is 0.784. The van der Waals surface area contributed by atoms with Gasteiger partial charge in [-0.2, -0.15) is 0 Å². The first-order chi connectivity index (χ1) is 6.58. The standard InChI is InChI=1S/C10H6BrFO2/c11-8-4-7(5-9(12)6-8)2-1-3-10(13)14/h4-6H,3H2,(H,13,14). The molecule has 0 radical (unpaired) electrons. The summed E-state index contributed by atoms with van der Waals surface area (Å²) in [6.07, 6.45) is -0.242. The summed E-state index contributed by atoms with van der Waals surface area (Å²) in [5.74, 6) is 3.58. The first kappa shape index (κ1) is 10.7. The molecule has 1 N–H and O–H groups in total. The molecule has 0 bridgehead atoms. The van der Waals surface area contributed by atoms with Crippen LogP contribution in [0.2, 0.25) is 0 Å². The Morgan fingerprint density at radius 2 is 2.21 bits per heavy atom. The van der Waals surface area contributed by atoms with Crippen molar-refractivity contribution in [3.8, 4) is 11.8 Å². The van der Waals surface area contributed by atoms with E-state index in [-0.39, 0.29) is 6.42 Å². The van der Waals surface area contributed by atoms with E-state index in [4.69, 9.17) is 5.11 Å². The molecule has 0 aromatic heterocycles. The Labute approximate surface area is 88.9 Å². The Bertz CT molecular complexity index is 398. The predicted molar refractivity (Wildman–Crippen MR) is 53.2 cm³/mol. The smallest absolute Gasteiger partial charge is 0.315 e. The van der Waals surface area contributed by atoms with Gasteiger partial charge in [0.25, 0.3) is 0 Å². The molecule has 1 rings (SSSR count). The van der Waals surface area contributed by atoms with Gasteiger partial charge in [-0.3, -0.25) is 4.79 Å². The van der Waals surface area contributed by atoms with E-state index in [0.29, 0.717) is 10.0 Å². The number of carboxylic acids is 1. The van der Waals surface area contributed by atoms with Crippen LogP contribution in [-0.4, -0.2) is 11.1 Å². The lowest BCUT2D eigenvalue weighted by molar-refractivity contribution is -0.135. The molecule has 1 aromatic carbocycles. The third-order valence-corrected chi connectivity index (χ3v) is 1.79. The van der Waals surface area contributed by atoms with Gasteiger partial charge in [-0.05, 0) is 18.2 Å². The molecule has 14 heavy (non-hydrogen) atoms. The molecule has 4 heteroatoms. The molecule has 0 aliphatic carbocycles. The van der Waals surface area contributed by atoms with Crippen molar-refractivity contribution in [2.24, 2.45) is 0 Å². The molecule has 1 aromatic rings. The van der Waals surface area contributed by atoms with Crippen LogP contribution >= 0.6 is 15.9 Å². The summed E-state index contributed by atoms with van der Waals surface area (Å²) in [6, 6.07) is 4.18. The van der Waals surface area contributed by atoms with Gasteiger partial charge < -0.3 is 5.11 Å². The topological polar surface area (TPSA) is 37.3 Å². The second kappa shape index (κ2) is 4.77. The van der Waals surface area contributed by atoms with Gasteiger partial charge in [0.1, 0.15) is 12.2 Å². The van der Waals surface area contributed by atoms with E-state index in [0.717, 1.165) is 0 Å². The first-order valence-corrected chi connectivity index (χ1v) is 4.54. The van der Waals surface area contributed by atoms with Crippen molar-refractivity contribution in [3.05, 3.63) is 34.1 Å². The van der Waals surface area contributed by atoms with E-state index < -0.39 is 11.8 Å². The van der Waals surface area contributed by atoms with Crippen molar-refractivity contribution in [1.82, 2.24) is 0 Å². The highest BCUT2D eigenvalue weighted by molar-refractivity contribution is 9.10. The Kier molecular flexibility index (Phi) is 3.66. The predicted octanol–water partition coefficient (Wildman–Crippen LogP) is 2.41. The van der Waals surface area contributed by atoms with Crippen molar-refractivity contribution in [2.75, 3.05) is 0 Å². The van der Waals surface area contributed by atoms with E-state index in [1.807, 2.05) is 0 Å². The number of benzene rings is 1. The number of rotatable bonds is 1. The molecule has 2 nitrogen and oxygen atoms in total. The molecule has 0 spiro atoms. The molecule has 0 unspecified atom stereocenters. The first-order valence-electron chi connectivity index (χ1n) is 3.74. The minimum absolute atomic E-state index is 0.242. The molecule has 0 atom stereocenters. The summed E-state index contributed by atoms with van der Waals surface area (Å²) in [4.78, 5) is 10.1. The normalized spacial score (nSPS) is 9.00. The summed E-state index contributed by atoms with van der Waals surface area (Å²) < 4.78 is 13.4. The van der Waals surface area contributed by atoms with Gasteiger partial charge in [0.15, 0.2) is 0 Å².